The standard InChI is InChI=1S/C24H37N5O/c1-19-20(2)30-23(28-19)18-27-24(25-3)26-13-7-8-14-29-15-11-22(12-16-29)17-21-9-5-4-6-10-21/h4-6,9-10,22H,7-8,11-18H2,1-3H3,(H2,25,26,27). The molecule has 1 saturated heterocycles. The Morgan fingerprint density at radius 1 is 1.13 bits per heavy atom. The van der Waals surface area contributed by atoms with E-state index in [4.69, 9.17) is 4.42 Å². The summed E-state index contributed by atoms with van der Waals surface area (Å²) in [4.78, 5) is 11.3. The van der Waals surface area contributed by atoms with Crippen LogP contribution >= 0.6 is 0 Å². The molecule has 3 rings (SSSR count). The van der Waals surface area contributed by atoms with Crippen LogP contribution in [0.3, 0.4) is 0 Å². The quantitative estimate of drug-likeness (QED) is 0.374. The summed E-state index contributed by atoms with van der Waals surface area (Å²) in [5, 5.41) is 6.65. The van der Waals surface area contributed by atoms with Crippen molar-refractivity contribution in [1.29, 1.82) is 0 Å². The predicted octanol–water partition coefficient (Wildman–Crippen LogP) is 3.69. The first kappa shape index (κ1) is 22.3. The van der Waals surface area contributed by atoms with Gasteiger partial charge in [0.15, 0.2) is 5.96 Å². The van der Waals surface area contributed by atoms with E-state index in [2.05, 4.69) is 55.8 Å². The fraction of sp³-hybridized carbons (Fsp3) is 0.583. The Balaban J connectivity index is 1.24. The number of nitrogens with one attached hydrogen (secondary N) is 2. The molecule has 1 aliphatic heterocycles. The highest BCUT2D eigenvalue weighted by atomic mass is 16.4. The molecule has 2 heterocycles. The van der Waals surface area contributed by atoms with Gasteiger partial charge >= 0.3 is 0 Å². The summed E-state index contributed by atoms with van der Waals surface area (Å²) >= 11 is 0. The van der Waals surface area contributed by atoms with Gasteiger partial charge in [0.1, 0.15) is 5.76 Å². The van der Waals surface area contributed by atoms with Gasteiger partial charge in [-0.1, -0.05) is 30.3 Å². The summed E-state index contributed by atoms with van der Waals surface area (Å²) in [5.41, 5.74) is 2.43. The number of aromatic nitrogens is 1. The van der Waals surface area contributed by atoms with E-state index in [1.54, 1.807) is 7.05 Å². The van der Waals surface area contributed by atoms with Crippen LogP contribution in [0.1, 0.15) is 48.6 Å². The predicted molar refractivity (Wildman–Crippen MR) is 123 cm³/mol. The Morgan fingerprint density at radius 3 is 2.57 bits per heavy atom. The van der Waals surface area contributed by atoms with E-state index in [9.17, 15) is 0 Å². The van der Waals surface area contributed by atoms with Gasteiger partial charge in [-0.05, 0) is 77.1 Å². The maximum Gasteiger partial charge on any atom is 0.214 e. The lowest BCUT2D eigenvalue weighted by molar-refractivity contribution is 0.181. The van der Waals surface area contributed by atoms with Gasteiger partial charge < -0.3 is 20.0 Å². The summed E-state index contributed by atoms with van der Waals surface area (Å²) in [7, 11) is 1.79. The molecule has 0 aliphatic carbocycles. The van der Waals surface area contributed by atoms with Crippen molar-refractivity contribution in [3.05, 3.63) is 53.2 Å². The first-order valence-electron chi connectivity index (χ1n) is 11.3. The number of piperidine rings is 1. The van der Waals surface area contributed by atoms with Crippen LogP contribution in [0.5, 0.6) is 0 Å². The number of guanidine groups is 1. The molecular formula is C24H37N5O. The molecule has 2 aromatic rings. The van der Waals surface area contributed by atoms with Crippen molar-refractivity contribution in [2.75, 3.05) is 33.2 Å². The van der Waals surface area contributed by atoms with Crippen LogP contribution in [0.15, 0.2) is 39.7 Å². The number of nitrogens with zero attached hydrogens (tertiary/aromatic N) is 3. The molecule has 1 fully saturated rings. The van der Waals surface area contributed by atoms with Crippen molar-refractivity contribution < 1.29 is 4.42 Å². The summed E-state index contributed by atoms with van der Waals surface area (Å²) in [6.45, 7) is 9.04. The topological polar surface area (TPSA) is 65.7 Å². The fourth-order valence-corrected chi connectivity index (χ4v) is 4.02. The van der Waals surface area contributed by atoms with Crippen LogP contribution in [0, 0.1) is 19.8 Å². The summed E-state index contributed by atoms with van der Waals surface area (Å²) < 4.78 is 5.60. The molecule has 6 heteroatoms. The lowest BCUT2D eigenvalue weighted by Crippen LogP contribution is -2.38. The number of unbranched alkanes of at least 4 members (excludes halogenated alkanes) is 1. The average Bonchev–Trinajstić information content (AvgIpc) is 3.09. The molecule has 0 atom stereocenters. The molecule has 164 valence electrons. The van der Waals surface area contributed by atoms with Gasteiger partial charge in [0.05, 0.1) is 12.2 Å². The second-order valence-corrected chi connectivity index (χ2v) is 8.28. The maximum absolute atomic E-state index is 5.60. The maximum atomic E-state index is 5.60. The van der Waals surface area contributed by atoms with Crippen molar-refractivity contribution in [1.82, 2.24) is 20.5 Å². The number of likely N-dealkylation sites (tertiary alicyclic amines) is 1. The molecule has 1 aliphatic rings. The van der Waals surface area contributed by atoms with E-state index in [1.807, 2.05) is 13.8 Å². The van der Waals surface area contributed by atoms with E-state index >= 15 is 0 Å². The minimum atomic E-state index is 0.548. The minimum absolute atomic E-state index is 0.548. The summed E-state index contributed by atoms with van der Waals surface area (Å²) in [6.07, 6.45) is 6.23. The molecule has 1 aromatic heterocycles. The van der Waals surface area contributed by atoms with E-state index in [-0.39, 0.29) is 0 Å². The van der Waals surface area contributed by atoms with Crippen LogP contribution in [-0.4, -0.2) is 49.1 Å². The third-order valence-corrected chi connectivity index (χ3v) is 5.97. The zero-order valence-corrected chi connectivity index (χ0v) is 18.8. The van der Waals surface area contributed by atoms with Crippen molar-refractivity contribution in [2.24, 2.45) is 10.9 Å². The number of rotatable bonds is 9. The van der Waals surface area contributed by atoms with Crippen LogP contribution in [-0.2, 0) is 13.0 Å². The lowest BCUT2D eigenvalue weighted by Gasteiger charge is -2.32. The van der Waals surface area contributed by atoms with Gasteiger partial charge in [0.2, 0.25) is 5.89 Å². The van der Waals surface area contributed by atoms with Crippen molar-refractivity contribution in [2.45, 2.75) is 52.5 Å². The molecule has 0 saturated carbocycles. The molecule has 0 unspecified atom stereocenters. The Kier molecular flexibility index (Phi) is 8.75. The first-order valence-corrected chi connectivity index (χ1v) is 11.3. The third-order valence-electron chi connectivity index (χ3n) is 5.97. The monoisotopic (exact) mass is 411 g/mol. The Labute approximate surface area is 181 Å². The number of hydrogen-bond acceptors (Lipinski definition) is 4. The van der Waals surface area contributed by atoms with Crippen molar-refractivity contribution in [3.63, 3.8) is 0 Å². The van der Waals surface area contributed by atoms with Gasteiger partial charge in [0, 0.05) is 13.6 Å². The molecule has 0 amide bonds. The second-order valence-electron chi connectivity index (χ2n) is 8.28. The van der Waals surface area contributed by atoms with Gasteiger partial charge in [-0.25, -0.2) is 4.98 Å². The summed E-state index contributed by atoms with van der Waals surface area (Å²) in [5.74, 6) is 3.21. The highest BCUT2D eigenvalue weighted by molar-refractivity contribution is 5.79. The van der Waals surface area contributed by atoms with Crippen molar-refractivity contribution in [3.8, 4) is 0 Å². The molecule has 1 aromatic carbocycles. The minimum Gasteiger partial charge on any atom is -0.444 e. The van der Waals surface area contributed by atoms with Gasteiger partial charge in [-0.15, -0.1) is 0 Å². The highest BCUT2D eigenvalue weighted by Gasteiger charge is 2.18. The molecule has 0 radical (unpaired) electrons. The van der Waals surface area contributed by atoms with Gasteiger partial charge in [-0.3, -0.25) is 4.99 Å². The van der Waals surface area contributed by atoms with Gasteiger partial charge in [0.25, 0.3) is 0 Å². The average molecular weight is 412 g/mol. The normalized spacial score (nSPS) is 16.0. The van der Waals surface area contributed by atoms with E-state index in [0.29, 0.717) is 12.4 Å². The van der Waals surface area contributed by atoms with Crippen LogP contribution in [0.25, 0.3) is 0 Å². The van der Waals surface area contributed by atoms with Crippen LogP contribution in [0.4, 0.5) is 0 Å². The zero-order chi connectivity index (χ0) is 21.2. The number of benzene rings is 1. The Hall–Kier alpha value is -2.34. The lowest BCUT2D eigenvalue weighted by atomic mass is 9.90. The second kappa shape index (κ2) is 11.7. The Morgan fingerprint density at radius 2 is 1.90 bits per heavy atom. The molecular weight excluding hydrogens is 374 g/mol. The largest absolute Gasteiger partial charge is 0.444 e. The number of aryl methyl sites for hydroxylation is 2. The molecule has 2 N–H and O–H groups in total. The number of hydrogen-bond donors (Lipinski definition) is 2. The molecule has 0 spiro atoms. The Bertz CT molecular complexity index is 759. The molecule has 6 nitrogen and oxygen atoms in total. The smallest absolute Gasteiger partial charge is 0.214 e. The highest BCUT2D eigenvalue weighted by Crippen LogP contribution is 2.21. The zero-order valence-electron chi connectivity index (χ0n) is 18.8. The van der Waals surface area contributed by atoms with Crippen molar-refractivity contribution >= 4 is 5.96 Å². The van der Waals surface area contributed by atoms with Crippen LogP contribution in [0.2, 0.25) is 0 Å². The van der Waals surface area contributed by atoms with Crippen LogP contribution < -0.4 is 10.6 Å². The van der Waals surface area contributed by atoms with Gasteiger partial charge in [-0.2, -0.15) is 0 Å². The number of aliphatic imine (C=N–C) groups is 1. The van der Waals surface area contributed by atoms with E-state index in [0.717, 1.165) is 36.3 Å². The SMILES string of the molecule is CN=C(NCCCCN1CCC(Cc2ccccc2)CC1)NCc1nc(C)c(C)o1. The fourth-order valence-electron chi connectivity index (χ4n) is 4.02. The number of oxazole rings is 1. The first-order chi connectivity index (χ1) is 14.6. The van der Waals surface area contributed by atoms with E-state index in [1.165, 1.54) is 50.9 Å². The van der Waals surface area contributed by atoms with E-state index < -0.39 is 0 Å². The molecule has 30 heavy (non-hydrogen) atoms. The summed E-state index contributed by atoms with van der Waals surface area (Å²) in [6, 6.07) is 10.9. The third kappa shape index (κ3) is 7.17. The molecule has 0 bridgehead atoms.